The number of hydrogen-bond acceptors (Lipinski definition) is 3. The summed E-state index contributed by atoms with van der Waals surface area (Å²) in [5.74, 6) is -0.149. The highest BCUT2D eigenvalue weighted by Crippen LogP contribution is 2.22. The molecule has 23 heavy (non-hydrogen) atoms. The van der Waals surface area contributed by atoms with Crippen molar-refractivity contribution in [1.82, 2.24) is 4.98 Å². The maximum Gasteiger partial charge on any atom is 0.262 e. The van der Waals surface area contributed by atoms with Crippen LogP contribution in [-0.2, 0) is 4.79 Å². The lowest BCUT2D eigenvalue weighted by Crippen LogP contribution is -2.22. The molecule has 0 saturated carbocycles. The topological polar surface area (TPSA) is 71.2 Å². The molecule has 0 bridgehead atoms. The van der Waals surface area contributed by atoms with Crippen LogP contribution in [0.3, 0.4) is 0 Å². The van der Waals surface area contributed by atoms with Gasteiger partial charge in [0.1, 0.15) is 0 Å². The Kier molecular flexibility index (Phi) is 4.10. The molecule has 0 aliphatic carbocycles. The van der Waals surface area contributed by atoms with Gasteiger partial charge >= 0.3 is 0 Å². The second kappa shape index (κ2) is 6.36. The van der Waals surface area contributed by atoms with Crippen LogP contribution < -0.4 is 15.5 Å². The number of hydrogen-bond donors (Lipinski definition) is 2. The third kappa shape index (κ3) is 3.23. The van der Waals surface area contributed by atoms with E-state index >= 15 is 0 Å². The van der Waals surface area contributed by atoms with Gasteiger partial charge in [0.2, 0.25) is 5.43 Å². The number of carbonyl (C=O) groups is 1. The van der Waals surface area contributed by atoms with Crippen LogP contribution in [0.25, 0.3) is 10.8 Å². The van der Waals surface area contributed by atoms with E-state index in [0.29, 0.717) is 5.69 Å². The Morgan fingerprint density at radius 2 is 1.91 bits per heavy atom. The number of ether oxygens (including phenoxy) is 1. The largest absolute Gasteiger partial charge is 0.478 e. The normalized spacial score (nSPS) is 10.5. The number of aromatic amines is 1. The van der Waals surface area contributed by atoms with Crippen LogP contribution in [0.4, 0.5) is 5.69 Å². The summed E-state index contributed by atoms with van der Waals surface area (Å²) in [5, 5.41) is 4.82. The van der Waals surface area contributed by atoms with E-state index in [4.69, 9.17) is 4.74 Å². The number of benzene rings is 2. The van der Waals surface area contributed by atoms with Gasteiger partial charge in [-0.1, -0.05) is 36.4 Å². The lowest BCUT2D eigenvalue weighted by molar-refractivity contribution is -0.118. The fourth-order valence-corrected chi connectivity index (χ4v) is 2.41. The first kappa shape index (κ1) is 14.8. The highest BCUT2D eigenvalue weighted by Gasteiger charge is 2.09. The summed E-state index contributed by atoms with van der Waals surface area (Å²) < 4.78 is 5.36. The number of carbonyl (C=O) groups excluding carboxylic acids is 1. The molecule has 0 radical (unpaired) electrons. The fourth-order valence-electron chi connectivity index (χ4n) is 2.41. The van der Waals surface area contributed by atoms with Gasteiger partial charge < -0.3 is 15.0 Å². The Morgan fingerprint density at radius 3 is 2.74 bits per heavy atom. The van der Waals surface area contributed by atoms with Crippen LogP contribution in [0.2, 0.25) is 0 Å². The van der Waals surface area contributed by atoms with Gasteiger partial charge in [-0.25, -0.2) is 0 Å². The summed E-state index contributed by atoms with van der Waals surface area (Å²) in [7, 11) is 0. The first-order valence-corrected chi connectivity index (χ1v) is 7.24. The lowest BCUT2D eigenvalue weighted by atomic mass is 10.1. The smallest absolute Gasteiger partial charge is 0.262 e. The van der Waals surface area contributed by atoms with Crippen molar-refractivity contribution >= 4 is 22.4 Å². The summed E-state index contributed by atoms with van der Waals surface area (Å²) in [6.45, 7) is 1.50. The van der Waals surface area contributed by atoms with Crippen LogP contribution in [-0.4, -0.2) is 17.5 Å². The highest BCUT2D eigenvalue weighted by molar-refractivity contribution is 6.02. The fraction of sp³-hybridized carbons (Fsp3) is 0.111. The summed E-state index contributed by atoms with van der Waals surface area (Å²) in [5.41, 5.74) is 1.06. The predicted molar refractivity (Wildman–Crippen MR) is 89.9 cm³/mol. The van der Waals surface area contributed by atoms with E-state index in [2.05, 4.69) is 10.3 Å². The van der Waals surface area contributed by atoms with Crippen LogP contribution >= 0.6 is 0 Å². The van der Waals surface area contributed by atoms with E-state index in [9.17, 15) is 9.59 Å². The number of aromatic nitrogens is 1. The van der Waals surface area contributed by atoms with E-state index < -0.39 is 0 Å². The van der Waals surface area contributed by atoms with Gasteiger partial charge in [-0.3, -0.25) is 9.59 Å². The molecule has 0 spiro atoms. The third-order valence-corrected chi connectivity index (χ3v) is 3.51. The standard InChI is InChI=1S/C18H16N2O3/c1-12-18(16(21)9-10-19-12)23-11-17(22)20-15-8-4-6-13-5-2-3-7-14(13)15/h2-10H,11H2,1H3,(H,19,21)(H,20,22). The third-order valence-electron chi connectivity index (χ3n) is 3.51. The minimum atomic E-state index is -0.316. The quantitative estimate of drug-likeness (QED) is 0.778. The van der Waals surface area contributed by atoms with E-state index in [1.54, 1.807) is 13.1 Å². The Bertz CT molecular complexity index is 910. The van der Waals surface area contributed by atoms with E-state index in [1.807, 2.05) is 42.5 Å². The van der Waals surface area contributed by atoms with Gasteiger partial charge in [0.15, 0.2) is 12.4 Å². The number of nitrogens with one attached hydrogen (secondary N) is 2. The Labute approximate surface area is 132 Å². The van der Waals surface area contributed by atoms with E-state index in [-0.39, 0.29) is 23.7 Å². The zero-order valence-electron chi connectivity index (χ0n) is 12.6. The highest BCUT2D eigenvalue weighted by atomic mass is 16.5. The van der Waals surface area contributed by atoms with Gasteiger partial charge in [0.05, 0.1) is 5.69 Å². The number of aryl methyl sites for hydroxylation is 1. The lowest BCUT2D eigenvalue weighted by Gasteiger charge is -2.10. The average Bonchev–Trinajstić information content (AvgIpc) is 2.55. The van der Waals surface area contributed by atoms with Crippen LogP contribution in [0.1, 0.15) is 5.69 Å². The molecule has 2 N–H and O–H groups in total. The molecule has 0 atom stereocenters. The van der Waals surface area contributed by atoms with Crippen molar-refractivity contribution in [2.75, 3.05) is 11.9 Å². The molecular formula is C18H16N2O3. The van der Waals surface area contributed by atoms with Crippen molar-refractivity contribution in [1.29, 1.82) is 0 Å². The summed E-state index contributed by atoms with van der Waals surface area (Å²) in [6, 6.07) is 14.8. The molecule has 0 fully saturated rings. The van der Waals surface area contributed by atoms with Gasteiger partial charge in [-0.05, 0) is 18.4 Å². The number of pyridine rings is 1. The van der Waals surface area contributed by atoms with E-state index in [0.717, 1.165) is 16.5 Å². The second-order valence-electron chi connectivity index (χ2n) is 5.16. The average molecular weight is 308 g/mol. The van der Waals surface area contributed by atoms with Crippen LogP contribution in [0.15, 0.2) is 59.5 Å². The first-order chi connectivity index (χ1) is 11.1. The zero-order chi connectivity index (χ0) is 16.2. The molecule has 1 amide bonds. The maximum atomic E-state index is 12.1. The Hall–Kier alpha value is -3.08. The molecule has 1 aromatic heterocycles. The molecule has 116 valence electrons. The summed E-state index contributed by atoms with van der Waals surface area (Å²) >= 11 is 0. The minimum Gasteiger partial charge on any atom is -0.478 e. The van der Waals surface area contributed by atoms with Crippen molar-refractivity contribution in [3.8, 4) is 5.75 Å². The molecule has 1 heterocycles. The van der Waals surface area contributed by atoms with Crippen LogP contribution in [0, 0.1) is 6.92 Å². The molecule has 0 unspecified atom stereocenters. The Morgan fingerprint density at radius 1 is 1.13 bits per heavy atom. The summed E-state index contributed by atoms with van der Waals surface area (Å²) in [4.78, 5) is 26.7. The van der Waals surface area contributed by atoms with Gasteiger partial charge in [0.25, 0.3) is 5.91 Å². The number of amides is 1. The number of H-pyrrole nitrogens is 1. The number of rotatable bonds is 4. The van der Waals surface area contributed by atoms with Crippen molar-refractivity contribution in [2.24, 2.45) is 0 Å². The number of anilines is 1. The SMILES string of the molecule is Cc1[nH]ccc(=O)c1OCC(=O)Nc1cccc2ccccc12. The first-order valence-electron chi connectivity index (χ1n) is 7.24. The van der Waals surface area contributed by atoms with Crippen molar-refractivity contribution < 1.29 is 9.53 Å². The van der Waals surface area contributed by atoms with Gasteiger partial charge in [-0.15, -0.1) is 0 Å². The molecule has 0 aliphatic heterocycles. The summed E-state index contributed by atoms with van der Waals surface area (Å²) in [6.07, 6.45) is 1.54. The molecule has 0 aliphatic rings. The molecule has 3 aromatic rings. The molecular weight excluding hydrogens is 292 g/mol. The van der Waals surface area contributed by atoms with E-state index in [1.165, 1.54) is 6.07 Å². The minimum absolute atomic E-state index is 0.167. The maximum absolute atomic E-state index is 12.1. The zero-order valence-corrected chi connectivity index (χ0v) is 12.6. The van der Waals surface area contributed by atoms with Crippen LogP contribution in [0.5, 0.6) is 5.75 Å². The predicted octanol–water partition coefficient (Wildman–Crippen LogP) is 2.85. The van der Waals surface area contributed by atoms with Crippen molar-refractivity contribution in [3.05, 3.63) is 70.6 Å². The van der Waals surface area contributed by atoms with Gasteiger partial charge in [0, 0.05) is 23.3 Å². The molecule has 5 nitrogen and oxygen atoms in total. The van der Waals surface area contributed by atoms with Crippen molar-refractivity contribution in [2.45, 2.75) is 6.92 Å². The van der Waals surface area contributed by atoms with Crippen molar-refractivity contribution in [3.63, 3.8) is 0 Å². The molecule has 5 heteroatoms. The Balaban J connectivity index is 1.73. The monoisotopic (exact) mass is 308 g/mol. The molecule has 3 rings (SSSR count). The number of fused-ring (bicyclic) bond motifs is 1. The second-order valence-corrected chi connectivity index (χ2v) is 5.16. The van der Waals surface area contributed by atoms with Gasteiger partial charge in [-0.2, -0.15) is 0 Å². The molecule has 0 saturated heterocycles. The molecule has 2 aromatic carbocycles.